The highest BCUT2D eigenvalue weighted by Crippen LogP contribution is 2.12. The van der Waals surface area contributed by atoms with E-state index in [2.05, 4.69) is 39.6 Å². The van der Waals surface area contributed by atoms with E-state index >= 15 is 0 Å². The monoisotopic (exact) mass is 225 g/mol. The molecule has 1 heteroatoms. The van der Waals surface area contributed by atoms with Crippen LogP contribution in [0, 0.1) is 5.92 Å². The first-order valence-corrected chi connectivity index (χ1v) is 6.81. The Hall–Kier alpha value is -0.300. The molecule has 0 fully saturated rings. The van der Waals surface area contributed by atoms with Gasteiger partial charge in [-0.1, -0.05) is 32.3 Å². The van der Waals surface area contributed by atoms with Crippen LogP contribution < -0.4 is 5.32 Å². The molecule has 0 aromatic carbocycles. The van der Waals surface area contributed by atoms with Crippen molar-refractivity contribution in [3.8, 4) is 0 Å². The van der Waals surface area contributed by atoms with Crippen molar-refractivity contribution in [3.63, 3.8) is 0 Å². The van der Waals surface area contributed by atoms with Crippen molar-refractivity contribution in [1.82, 2.24) is 5.32 Å². The summed E-state index contributed by atoms with van der Waals surface area (Å²) >= 11 is 0. The Morgan fingerprint density at radius 3 is 2.31 bits per heavy atom. The second-order valence-electron chi connectivity index (χ2n) is 6.02. The van der Waals surface area contributed by atoms with E-state index in [0.717, 1.165) is 12.5 Å². The van der Waals surface area contributed by atoms with E-state index < -0.39 is 0 Å². The van der Waals surface area contributed by atoms with Crippen LogP contribution in [0.4, 0.5) is 0 Å². The van der Waals surface area contributed by atoms with Gasteiger partial charge in [-0.05, 0) is 52.5 Å². The van der Waals surface area contributed by atoms with E-state index in [1.54, 1.807) is 0 Å². The number of allylic oxidation sites excluding steroid dienone is 1. The molecule has 0 aromatic rings. The Morgan fingerprint density at radius 1 is 1.12 bits per heavy atom. The predicted molar refractivity (Wildman–Crippen MR) is 74.8 cm³/mol. The fourth-order valence-electron chi connectivity index (χ4n) is 1.72. The summed E-state index contributed by atoms with van der Waals surface area (Å²) < 4.78 is 0. The van der Waals surface area contributed by atoms with Gasteiger partial charge in [-0.15, -0.1) is 6.58 Å². The van der Waals surface area contributed by atoms with Crippen LogP contribution in [0.5, 0.6) is 0 Å². The molecule has 0 rings (SSSR count). The van der Waals surface area contributed by atoms with Gasteiger partial charge < -0.3 is 5.32 Å². The van der Waals surface area contributed by atoms with Gasteiger partial charge >= 0.3 is 0 Å². The number of nitrogens with one attached hydrogen (secondary N) is 1. The molecule has 1 atom stereocenters. The summed E-state index contributed by atoms with van der Waals surface area (Å²) in [6.45, 7) is 13.9. The van der Waals surface area contributed by atoms with Crippen molar-refractivity contribution in [3.05, 3.63) is 12.7 Å². The molecule has 0 aliphatic carbocycles. The van der Waals surface area contributed by atoms with E-state index in [1.807, 2.05) is 6.08 Å². The molecule has 1 nitrogen and oxygen atoms in total. The smallest absolute Gasteiger partial charge is 0.00966 e. The second kappa shape index (κ2) is 8.81. The molecule has 96 valence electrons. The first-order valence-electron chi connectivity index (χ1n) is 6.81. The third kappa shape index (κ3) is 11.8. The van der Waals surface area contributed by atoms with Gasteiger partial charge in [-0.25, -0.2) is 0 Å². The van der Waals surface area contributed by atoms with Gasteiger partial charge in [0.15, 0.2) is 0 Å². The van der Waals surface area contributed by atoms with E-state index in [-0.39, 0.29) is 5.54 Å². The van der Waals surface area contributed by atoms with Crippen molar-refractivity contribution in [2.24, 2.45) is 5.92 Å². The van der Waals surface area contributed by atoms with Crippen LogP contribution in [-0.4, -0.2) is 12.1 Å². The quantitative estimate of drug-likeness (QED) is 0.449. The molecule has 0 heterocycles. The Morgan fingerprint density at radius 2 is 1.75 bits per heavy atom. The van der Waals surface area contributed by atoms with Crippen LogP contribution in [0.3, 0.4) is 0 Å². The minimum Gasteiger partial charge on any atom is -0.312 e. The molecule has 0 radical (unpaired) electrons. The van der Waals surface area contributed by atoms with Crippen LogP contribution in [0.15, 0.2) is 12.7 Å². The number of unbranched alkanes of at least 4 members (excludes halogenated alkanes) is 4. The molecule has 0 saturated carbocycles. The summed E-state index contributed by atoms with van der Waals surface area (Å²) in [7, 11) is 0. The van der Waals surface area contributed by atoms with Gasteiger partial charge in [0.05, 0.1) is 0 Å². The summed E-state index contributed by atoms with van der Waals surface area (Å²) in [4.78, 5) is 0. The Kier molecular flexibility index (Phi) is 8.64. The summed E-state index contributed by atoms with van der Waals surface area (Å²) in [5, 5.41) is 3.57. The van der Waals surface area contributed by atoms with Crippen LogP contribution in [-0.2, 0) is 0 Å². The van der Waals surface area contributed by atoms with E-state index in [1.165, 1.54) is 38.5 Å². The molecule has 0 amide bonds. The molecule has 16 heavy (non-hydrogen) atoms. The third-order valence-electron chi connectivity index (χ3n) is 2.84. The lowest BCUT2D eigenvalue weighted by atomic mass is 10.0. The highest BCUT2D eigenvalue weighted by molar-refractivity contribution is 4.72. The van der Waals surface area contributed by atoms with E-state index in [4.69, 9.17) is 0 Å². The fourth-order valence-corrected chi connectivity index (χ4v) is 1.72. The van der Waals surface area contributed by atoms with Gasteiger partial charge in [0.2, 0.25) is 0 Å². The molecular formula is C15H31N. The zero-order chi connectivity index (χ0) is 12.4. The molecule has 0 bridgehead atoms. The average molecular weight is 225 g/mol. The van der Waals surface area contributed by atoms with E-state index in [9.17, 15) is 0 Å². The van der Waals surface area contributed by atoms with E-state index in [0.29, 0.717) is 0 Å². The lowest BCUT2D eigenvalue weighted by Crippen LogP contribution is -2.38. The predicted octanol–water partition coefficient (Wildman–Crippen LogP) is 4.54. The SMILES string of the molecule is C=CCCCCCCC(C)CNC(C)(C)C. The maximum Gasteiger partial charge on any atom is 0.00966 e. The molecule has 0 spiro atoms. The number of hydrogen-bond acceptors (Lipinski definition) is 1. The minimum absolute atomic E-state index is 0.262. The molecule has 1 N–H and O–H groups in total. The molecule has 0 aromatic heterocycles. The Bertz CT molecular complexity index is 167. The molecule has 0 aliphatic heterocycles. The molecule has 0 aliphatic rings. The van der Waals surface area contributed by atoms with Crippen LogP contribution in [0.1, 0.15) is 66.2 Å². The first-order chi connectivity index (χ1) is 7.45. The van der Waals surface area contributed by atoms with Crippen molar-refractivity contribution >= 4 is 0 Å². The van der Waals surface area contributed by atoms with Crippen LogP contribution in [0.25, 0.3) is 0 Å². The zero-order valence-corrected chi connectivity index (χ0v) is 11.8. The van der Waals surface area contributed by atoms with Crippen molar-refractivity contribution in [1.29, 1.82) is 0 Å². The van der Waals surface area contributed by atoms with Crippen LogP contribution >= 0.6 is 0 Å². The second-order valence-corrected chi connectivity index (χ2v) is 6.02. The summed E-state index contributed by atoms with van der Waals surface area (Å²) in [5.41, 5.74) is 0.262. The van der Waals surface area contributed by atoms with Gasteiger partial charge in [0.1, 0.15) is 0 Å². The number of rotatable bonds is 9. The highest BCUT2D eigenvalue weighted by Gasteiger charge is 2.10. The summed E-state index contributed by atoms with van der Waals surface area (Å²) in [6.07, 6.45) is 10.0. The van der Waals surface area contributed by atoms with Crippen molar-refractivity contribution in [2.75, 3.05) is 6.54 Å². The number of hydrogen-bond donors (Lipinski definition) is 1. The molecule has 1 unspecified atom stereocenters. The fraction of sp³-hybridized carbons (Fsp3) is 0.867. The standard InChI is InChI=1S/C15H31N/c1-6-7-8-9-10-11-12-14(2)13-16-15(3,4)5/h6,14,16H,1,7-13H2,2-5H3. The Balaban J connectivity index is 3.30. The van der Waals surface area contributed by atoms with Crippen LogP contribution in [0.2, 0.25) is 0 Å². The molecular weight excluding hydrogens is 194 g/mol. The first kappa shape index (κ1) is 15.7. The highest BCUT2D eigenvalue weighted by atomic mass is 14.9. The topological polar surface area (TPSA) is 12.0 Å². The van der Waals surface area contributed by atoms with Gasteiger partial charge in [-0.2, -0.15) is 0 Å². The van der Waals surface area contributed by atoms with Gasteiger partial charge in [0.25, 0.3) is 0 Å². The summed E-state index contributed by atoms with van der Waals surface area (Å²) in [5.74, 6) is 0.804. The Labute approximate surface area is 103 Å². The van der Waals surface area contributed by atoms with Crippen molar-refractivity contribution in [2.45, 2.75) is 71.8 Å². The van der Waals surface area contributed by atoms with Gasteiger partial charge in [-0.3, -0.25) is 0 Å². The summed E-state index contributed by atoms with van der Waals surface area (Å²) in [6, 6.07) is 0. The maximum atomic E-state index is 3.75. The zero-order valence-electron chi connectivity index (χ0n) is 11.8. The normalized spacial score (nSPS) is 13.8. The average Bonchev–Trinajstić information content (AvgIpc) is 2.19. The maximum absolute atomic E-state index is 3.75. The lowest BCUT2D eigenvalue weighted by molar-refractivity contribution is 0.365. The molecule has 0 saturated heterocycles. The minimum atomic E-state index is 0.262. The lowest BCUT2D eigenvalue weighted by Gasteiger charge is -2.23. The third-order valence-corrected chi connectivity index (χ3v) is 2.84. The van der Waals surface area contributed by atoms with Crippen molar-refractivity contribution < 1.29 is 0 Å². The van der Waals surface area contributed by atoms with Gasteiger partial charge in [0, 0.05) is 5.54 Å². The largest absolute Gasteiger partial charge is 0.312 e.